The molecule has 0 unspecified atom stereocenters. The van der Waals surface area contributed by atoms with Crippen molar-refractivity contribution < 1.29 is 4.79 Å². The van der Waals surface area contributed by atoms with Gasteiger partial charge >= 0.3 is 0 Å². The molecule has 0 radical (unpaired) electrons. The number of rotatable bonds is 4. The average Bonchev–Trinajstić information content (AvgIpc) is 2.98. The van der Waals surface area contributed by atoms with Crippen LogP contribution in [0.5, 0.6) is 0 Å². The molecule has 118 valence electrons. The number of halogens is 1. The maximum Gasteiger partial charge on any atom is 0.273 e. The summed E-state index contributed by atoms with van der Waals surface area (Å²) < 4.78 is 1.68. The summed E-state index contributed by atoms with van der Waals surface area (Å²) in [5, 5.41) is 14.2. The lowest BCUT2D eigenvalue weighted by atomic mass is 10.1. The molecule has 0 bridgehead atoms. The molecule has 2 aromatic rings. The van der Waals surface area contributed by atoms with Gasteiger partial charge in [0.15, 0.2) is 5.69 Å². The van der Waals surface area contributed by atoms with Crippen LogP contribution in [0.3, 0.4) is 0 Å². The molecule has 1 aromatic carbocycles. The Balaban J connectivity index is 0.00000176. The normalized spacial score (nSPS) is 17.5. The van der Waals surface area contributed by atoms with Gasteiger partial charge in [0.2, 0.25) is 0 Å². The number of benzene rings is 1. The minimum atomic E-state index is -0.150. The van der Waals surface area contributed by atoms with Crippen LogP contribution in [0.15, 0.2) is 36.5 Å². The van der Waals surface area contributed by atoms with E-state index in [0.29, 0.717) is 12.2 Å². The van der Waals surface area contributed by atoms with Gasteiger partial charge in [-0.1, -0.05) is 35.5 Å². The molecule has 0 saturated carbocycles. The van der Waals surface area contributed by atoms with E-state index >= 15 is 0 Å². The Labute approximate surface area is 135 Å². The Kier molecular flexibility index (Phi) is 5.91. The zero-order valence-corrected chi connectivity index (χ0v) is 13.1. The third kappa shape index (κ3) is 4.29. The zero-order valence-electron chi connectivity index (χ0n) is 12.2. The first-order valence-electron chi connectivity index (χ1n) is 7.27. The molecular weight excluding hydrogens is 302 g/mol. The van der Waals surface area contributed by atoms with Crippen LogP contribution in [0.2, 0.25) is 0 Å². The van der Waals surface area contributed by atoms with Crippen molar-refractivity contribution in [2.75, 3.05) is 13.1 Å². The van der Waals surface area contributed by atoms with Crippen LogP contribution in [-0.4, -0.2) is 40.0 Å². The summed E-state index contributed by atoms with van der Waals surface area (Å²) in [6.07, 6.45) is 3.79. The standard InChI is InChI=1S/C15H19N5O.ClH/c21-15(17-13-7-4-8-16-9-13)14-11-20(19-18-14)10-12-5-2-1-3-6-12;/h1-3,5-6,11,13,16H,4,7-10H2,(H,17,21);1H/t13-;/m0./s1. The lowest BCUT2D eigenvalue weighted by Crippen LogP contribution is -2.45. The summed E-state index contributed by atoms with van der Waals surface area (Å²) >= 11 is 0. The van der Waals surface area contributed by atoms with Crippen molar-refractivity contribution in [2.24, 2.45) is 0 Å². The fraction of sp³-hybridized carbons (Fsp3) is 0.400. The number of aromatic nitrogens is 3. The molecule has 1 aliphatic rings. The highest BCUT2D eigenvalue weighted by atomic mass is 35.5. The second-order valence-electron chi connectivity index (χ2n) is 5.30. The number of hydrogen-bond donors (Lipinski definition) is 2. The highest BCUT2D eigenvalue weighted by Crippen LogP contribution is 2.04. The summed E-state index contributed by atoms with van der Waals surface area (Å²) in [7, 11) is 0. The van der Waals surface area contributed by atoms with Gasteiger partial charge in [0.25, 0.3) is 5.91 Å². The molecule has 22 heavy (non-hydrogen) atoms. The van der Waals surface area contributed by atoms with E-state index in [1.165, 1.54) is 0 Å². The van der Waals surface area contributed by atoms with E-state index in [1.807, 2.05) is 30.3 Å². The highest BCUT2D eigenvalue weighted by molar-refractivity contribution is 5.92. The van der Waals surface area contributed by atoms with Crippen LogP contribution in [0.4, 0.5) is 0 Å². The van der Waals surface area contributed by atoms with Gasteiger partial charge in [-0.2, -0.15) is 0 Å². The van der Waals surface area contributed by atoms with Crippen molar-refractivity contribution >= 4 is 18.3 Å². The average molecular weight is 322 g/mol. The number of nitrogens with zero attached hydrogens (tertiary/aromatic N) is 3. The summed E-state index contributed by atoms with van der Waals surface area (Å²) in [5.41, 5.74) is 1.50. The first-order valence-corrected chi connectivity index (χ1v) is 7.27. The SMILES string of the molecule is Cl.O=C(N[C@H]1CCCNC1)c1cn(Cc2ccccc2)nn1. The predicted octanol–water partition coefficient (Wildman–Crippen LogP) is 1.23. The molecule has 1 fully saturated rings. The molecule has 1 saturated heterocycles. The van der Waals surface area contributed by atoms with Gasteiger partial charge in [0.05, 0.1) is 12.7 Å². The molecule has 0 spiro atoms. The molecular formula is C15H20ClN5O. The summed E-state index contributed by atoms with van der Waals surface area (Å²) in [6, 6.07) is 10.2. The van der Waals surface area contributed by atoms with Crippen LogP contribution in [0, 0.1) is 0 Å². The fourth-order valence-electron chi connectivity index (χ4n) is 2.48. The molecule has 2 N–H and O–H groups in total. The van der Waals surface area contributed by atoms with Crippen LogP contribution in [-0.2, 0) is 6.54 Å². The van der Waals surface area contributed by atoms with E-state index in [2.05, 4.69) is 20.9 Å². The number of piperidine rings is 1. The molecule has 6 nitrogen and oxygen atoms in total. The van der Waals surface area contributed by atoms with E-state index in [1.54, 1.807) is 10.9 Å². The van der Waals surface area contributed by atoms with Crippen LogP contribution >= 0.6 is 12.4 Å². The summed E-state index contributed by atoms with van der Waals surface area (Å²) in [4.78, 5) is 12.1. The smallest absolute Gasteiger partial charge is 0.273 e. The highest BCUT2D eigenvalue weighted by Gasteiger charge is 2.18. The third-order valence-electron chi connectivity index (χ3n) is 3.59. The van der Waals surface area contributed by atoms with Crippen molar-refractivity contribution in [2.45, 2.75) is 25.4 Å². The second kappa shape index (κ2) is 7.91. The molecule has 2 heterocycles. The van der Waals surface area contributed by atoms with Gasteiger partial charge in [-0.25, -0.2) is 4.68 Å². The van der Waals surface area contributed by atoms with Crippen molar-refractivity contribution in [3.63, 3.8) is 0 Å². The van der Waals surface area contributed by atoms with E-state index in [-0.39, 0.29) is 24.4 Å². The maximum atomic E-state index is 12.1. The van der Waals surface area contributed by atoms with Gasteiger partial charge in [-0.05, 0) is 24.9 Å². The molecule has 3 rings (SSSR count). The van der Waals surface area contributed by atoms with Crippen molar-refractivity contribution in [1.82, 2.24) is 25.6 Å². The molecule has 1 aromatic heterocycles. The monoisotopic (exact) mass is 321 g/mol. The first kappa shape index (κ1) is 16.5. The minimum Gasteiger partial charge on any atom is -0.347 e. The molecule has 0 aliphatic carbocycles. The largest absolute Gasteiger partial charge is 0.347 e. The van der Waals surface area contributed by atoms with Gasteiger partial charge < -0.3 is 10.6 Å². The van der Waals surface area contributed by atoms with E-state index in [9.17, 15) is 4.79 Å². The third-order valence-corrected chi connectivity index (χ3v) is 3.59. The molecule has 7 heteroatoms. The molecule has 1 atom stereocenters. The Bertz CT molecular complexity index is 595. The number of nitrogens with one attached hydrogen (secondary N) is 2. The van der Waals surface area contributed by atoms with Gasteiger partial charge in [0.1, 0.15) is 0 Å². The summed E-state index contributed by atoms with van der Waals surface area (Å²) in [5.74, 6) is -0.150. The van der Waals surface area contributed by atoms with Crippen LogP contribution in [0.25, 0.3) is 0 Å². The topological polar surface area (TPSA) is 71.8 Å². The van der Waals surface area contributed by atoms with Crippen LogP contribution < -0.4 is 10.6 Å². The number of amides is 1. The quantitative estimate of drug-likeness (QED) is 0.888. The lowest BCUT2D eigenvalue weighted by Gasteiger charge is -2.23. The lowest BCUT2D eigenvalue weighted by molar-refractivity contribution is 0.0925. The maximum absolute atomic E-state index is 12.1. The Hall–Kier alpha value is -1.92. The fourth-order valence-corrected chi connectivity index (χ4v) is 2.48. The Morgan fingerprint density at radius 2 is 2.18 bits per heavy atom. The van der Waals surface area contributed by atoms with Gasteiger partial charge in [-0.15, -0.1) is 17.5 Å². The van der Waals surface area contributed by atoms with Crippen LogP contribution in [0.1, 0.15) is 28.9 Å². The van der Waals surface area contributed by atoms with Gasteiger partial charge in [-0.3, -0.25) is 4.79 Å². The zero-order chi connectivity index (χ0) is 14.5. The molecule has 1 amide bonds. The van der Waals surface area contributed by atoms with E-state index in [0.717, 1.165) is 31.5 Å². The summed E-state index contributed by atoms with van der Waals surface area (Å²) in [6.45, 7) is 2.47. The number of carbonyl (C=O) groups excluding carboxylic acids is 1. The number of hydrogen-bond acceptors (Lipinski definition) is 4. The Morgan fingerprint density at radius 1 is 1.36 bits per heavy atom. The molecule has 1 aliphatic heterocycles. The second-order valence-corrected chi connectivity index (χ2v) is 5.30. The van der Waals surface area contributed by atoms with Gasteiger partial charge in [0, 0.05) is 12.6 Å². The van der Waals surface area contributed by atoms with Crippen molar-refractivity contribution in [3.8, 4) is 0 Å². The van der Waals surface area contributed by atoms with Crippen molar-refractivity contribution in [1.29, 1.82) is 0 Å². The predicted molar refractivity (Wildman–Crippen MR) is 86.2 cm³/mol. The van der Waals surface area contributed by atoms with Crippen molar-refractivity contribution in [3.05, 3.63) is 47.8 Å². The first-order chi connectivity index (χ1) is 10.3. The minimum absolute atomic E-state index is 0. The van der Waals surface area contributed by atoms with E-state index < -0.39 is 0 Å². The van der Waals surface area contributed by atoms with E-state index in [4.69, 9.17) is 0 Å². The Morgan fingerprint density at radius 3 is 2.91 bits per heavy atom. The number of carbonyl (C=O) groups is 1.